The third kappa shape index (κ3) is 3.63. The minimum absolute atomic E-state index is 0.164. The van der Waals surface area contributed by atoms with Gasteiger partial charge in [-0.3, -0.25) is 25.0 Å². The Bertz CT molecular complexity index is 1090. The number of aromatic hydroxyl groups is 1. The van der Waals surface area contributed by atoms with Crippen LogP contribution in [-0.2, 0) is 9.59 Å². The number of amides is 4. The number of carbonyl (C=O) groups is 3. The molecule has 2 aromatic rings. The number of barbiturate groups is 1. The molecule has 0 bridgehead atoms. The van der Waals surface area contributed by atoms with Crippen molar-refractivity contribution < 1.29 is 33.9 Å². The minimum atomic E-state index is -1.01. The molecule has 2 aromatic carbocycles. The Morgan fingerprint density at radius 2 is 1.77 bits per heavy atom. The van der Waals surface area contributed by atoms with E-state index in [-0.39, 0.29) is 17.0 Å². The number of hydrogen-bond acceptors (Lipinski definition) is 8. The quantitative estimate of drug-likeness (QED) is 0.327. The van der Waals surface area contributed by atoms with Crippen molar-refractivity contribution in [2.24, 2.45) is 0 Å². The number of phenolic OH excluding ortho intramolecular Hbond substituents is 1. The van der Waals surface area contributed by atoms with Crippen LogP contribution in [0.15, 0.2) is 42.0 Å². The summed E-state index contributed by atoms with van der Waals surface area (Å²) in [5, 5.41) is 23.4. The number of carbonyl (C=O) groups excluding carboxylic acids is 3. The van der Waals surface area contributed by atoms with Crippen molar-refractivity contribution in [3.63, 3.8) is 0 Å². The molecule has 1 aliphatic rings. The summed E-state index contributed by atoms with van der Waals surface area (Å²) in [6.07, 6.45) is 0.950. The predicted octanol–water partition coefficient (Wildman–Crippen LogP) is 1.98. The number of methoxy groups -OCH3 is 2. The highest BCUT2D eigenvalue weighted by molar-refractivity contribution is 6.39. The van der Waals surface area contributed by atoms with Gasteiger partial charge in [0, 0.05) is 11.6 Å². The third-order valence-electron chi connectivity index (χ3n) is 4.25. The molecule has 0 saturated carbocycles. The first kappa shape index (κ1) is 20.3. The molecule has 1 heterocycles. The molecule has 11 nitrogen and oxygen atoms in total. The van der Waals surface area contributed by atoms with Crippen LogP contribution in [0.4, 0.5) is 16.2 Å². The van der Waals surface area contributed by atoms with Crippen LogP contribution in [0, 0.1) is 10.1 Å². The van der Waals surface area contributed by atoms with Gasteiger partial charge in [-0.25, -0.2) is 9.69 Å². The monoisotopic (exact) mass is 413 g/mol. The molecule has 2 N–H and O–H groups in total. The van der Waals surface area contributed by atoms with E-state index in [1.54, 1.807) is 0 Å². The molecular formula is C19H15N3O8. The number of nitrogens with zero attached hydrogens (tertiary/aromatic N) is 2. The van der Waals surface area contributed by atoms with Gasteiger partial charge in [0.1, 0.15) is 11.3 Å². The SMILES string of the molecule is COc1ccc(N2C(=O)NC(=O)C(=Cc3cc([N+](=O)[O-])cc(OC)c3O)C2=O)cc1. The van der Waals surface area contributed by atoms with Crippen molar-refractivity contribution in [1.29, 1.82) is 0 Å². The summed E-state index contributed by atoms with van der Waals surface area (Å²) in [4.78, 5) is 48.5. The minimum Gasteiger partial charge on any atom is -0.504 e. The average molecular weight is 413 g/mol. The molecule has 11 heteroatoms. The molecule has 1 saturated heterocycles. The van der Waals surface area contributed by atoms with E-state index in [0.29, 0.717) is 5.75 Å². The molecule has 0 unspecified atom stereocenters. The molecule has 1 fully saturated rings. The van der Waals surface area contributed by atoms with Gasteiger partial charge in [-0.15, -0.1) is 0 Å². The summed E-state index contributed by atoms with van der Waals surface area (Å²) < 4.78 is 9.93. The van der Waals surface area contributed by atoms with Crippen molar-refractivity contribution in [3.05, 3.63) is 57.6 Å². The van der Waals surface area contributed by atoms with Gasteiger partial charge in [-0.1, -0.05) is 0 Å². The number of urea groups is 1. The Kier molecular flexibility index (Phi) is 5.36. The van der Waals surface area contributed by atoms with Crippen LogP contribution in [0.2, 0.25) is 0 Å². The molecule has 0 aliphatic carbocycles. The van der Waals surface area contributed by atoms with E-state index in [9.17, 15) is 29.6 Å². The summed E-state index contributed by atoms with van der Waals surface area (Å²) in [5.74, 6) is -2.23. The Labute approximate surface area is 169 Å². The number of non-ortho nitro benzene ring substituents is 1. The first-order valence-electron chi connectivity index (χ1n) is 8.37. The lowest BCUT2D eigenvalue weighted by atomic mass is 10.0. The van der Waals surface area contributed by atoms with Gasteiger partial charge >= 0.3 is 6.03 Å². The number of anilines is 1. The first-order chi connectivity index (χ1) is 14.3. The Hall–Kier alpha value is -4.41. The molecule has 0 radical (unpaired) electrons. The normalized spacial score (nSPS) is 15.2. The number of hydrogen-bond donors (Lipinski definition) is 2. The van der Waals surface area contributed by atoms with Crippen LogP contribution in [0.1, 0.15) is 5.56 Å². The Morgan fingerprint density at radius 3 is 2.33 bits per heavy atom. The van der Waals surface area contributed by atoms with E-state index in [2.05, 4.69) is 0 Å². The maximum atomic E-state index is 12.9. The molecule has 3 rings (SSSR count). The van der Waals surface area contributed by atoms with Gasteiger partial charge in [0.25, 0.3) is 17.5 Å². The van der Waals surface area contributed by atoms with E-state index in [1.807, 2.05) is 5.32 Å². The molecule has 154 valence electrons. The molecule has 4 amide bonds. The Morgan fingerprint density at radius 1 is 1.10 bits per heavy atom. The summed E-state index contributed by atoms with van der Waals surface area (Å²) in [5.41, 5.74) is -0.979. The van der Waals surface area contributed by atoms with E-state index >= 15 is 0 Å². The first-order valence-corrected chi connectivity index (χ1v) is 8.37. The van der Waals surface area contributed by atoms with Gasteiger partial charge in [0.05, 0.1) is 30.9 Å². The zero-order valence-corrected chi connectivity index (χ0v) is 15.7. The fourth-order valence-corrected chi connectivity index (χ4v) is 2.76. The van der Waals surface area contributed by atoms with Gasteiger partial charge in [0.2, 0.25) is 0 Å². The number of ether oxygens (including phenoxy) is 2. The van der Waals surface area contributed by atoms with E-state index in [4.69, 9.17) is 9.47 Å². The largest absolute Gasteiger partial charge is 0.504 e. The van der Waals surface area contributed by atoms with Crippen LogP contribution < -0.4 is 19.7 Å². The Balaban J connectivity index is 2.08. The fourth-order valence-electron chi connectivity index (χ4n) is 2.76. The molecule has 1 aliphatic heterocycles. The second kappa shape index (κ2) is 7.91. The lowest BCUT2D eigenvalue weighted by molar-refractivity contribution is -0.385. The lowest BCUT2D eigenvalue weighted by Crippen LogP contribution is -2.54. The highest BCUT2D eigenvalue weighted by Crippen LogP contribution is 2.36. The van der Waals surface area contributed by atoms with Crippen molar-refractivity contribution in [3.8, 4) is 17.2 Å². The zero-order valence-electron chi connectivity index (χ0n) is 15.7. The summed E-state index contributed by atoms with van der Waals surface area (Å²) >= 11 is 0. The molecule has 0 spiro atoms. The number of phenols is 1. The summed E-state index contributed by atoms with van der Waals surface area (Å²) in [6, 6.07) is 6.93. The van der Waals surface area contributed by atoms with E-state index < -0.39 is 39.8 Å². The van der Waals surface area contributed by atoms with Crippen molar-refractivity contribution in [2.45, 2.75) is 0 Å². The number of imide groups is 2. The number of nitrogens with one attached hydrogen (secondary N) is 1. The standard InChI is InChI=1S/C19H15N3O8/c1-29-13-5-3-11(4-6-13)21-18(25)14(17(24)20-19(21)26)8-10-7-12(22(27)28)9-15(30-2)16(10)23/h3-9,23H,1-2H3,(H,20,24,26). The van der Waals surface area contributed by atoms with Crippen molar-refractivity contribution >= 4 is 35.3 Å². The number of rotatable bonds is 5. The van der Waals surface area contributed by atoms with Crippen LogP contribution in [0.25, 0.3) is 6.08 Å². The van der Waals surface area contributed by atoms with Crippen LogP contribution in [0.3, 0.4) is 0 Å². The molecule has 0 aromatic heterocycles. The van der Waals surface area contributed by atoms with E-state index in [0.717, 1.165) is 23.1 Å². The number of nitro benzene ring substituents is 1. The maximum absolute atomic E-state index is 12.9. The second-order valence-corrected chi connectivity index (χ2v) is 6.00. The second-order valence-electron chi connectivity index (χ2n) is 6.00. The number of benzene rings is 2. The molecular weight excluding hydrogens is 398 g/mol. The van der Waals surface area contributed by atoms with Gasteiger partial charge < -0.3 is 14.6 Å². The van der Waals surface area contributed by atoms with Gasteiger partial charge in [-0.05, 0) is 30.3 Å². The van der Waals surface area contributed by atoms with Crippen LogP contribution >= 0.6 is 0 Å². The van der Waals surface area contributed by atoms with Gasteiger partial charge in [0.15, 0.2) is 11.5 Å². The number of nitro groups is 1. The van der Waals surface area contributed by atoms with Crippen LogP contribution in [-0.4, -0.2) is 42.1 Å². The van der Waals surface area contributed by atoms with Crippen molar-refractivity contribution in [2.75, 3.05) is 19.1 Å². The summed E-state index contributed by atoms with van der Waals surface area (Å²) in [7, 11) is 2.64. The fraction of sp³-hybridized carbons (Fsp3) is 0.105. The smallest absolute Gasteiger partial charge is 0.335 e. The van der Waals surface area contributed by atoms with Crippen molar-refractivity contribution in [1.82, 2.24) is 5.32 Å². The highest BCUT2D eigenvalue weighted by Gasteiger charge is 2.37. The molecule has 0 atom stereocenters. The summed E-state index contributed by atoms with van der Waals surface area (Å²) in [6.45, 7) is 0. The van der Waals surface area contributed by atoms with Crippen LogP contribution in [0.5, 0.6) is 17.2 Å². The lowest BCUT2D eigenvalue weighted by Gasteiger charge is -2.26. The highest BCUT2D eigenvalue weighted by atomic mass is 16.6. The third-order valence-corrected chi connectivity index (χ3v) is 4.25. The predicted molar refractivity (Wildman–Crippen MR) is 103 cm³/mol. The maximum Gasteiger partial charge on any atom is 0.335 e. The van der Waals surface area contributed by atoms with E-state index in [1.165, 1.54) is 38.5 Å². The topological polar surface area (TPSA) is 148 Å². The zero-order chi connectivity index (χ0) is 22.0. The van der Waals surface area contributed by atoms with Gasteiger partial charge in [-0.2, -0.15) is 0 Å². The average Bonchev–Trinajstić information content (AvgIpc) is 2.72. The molecule has 30 heavy (non-hydrogen) atoms.